The highest BCUT2D eigenvalue weighted by molar-refractivity contribution is 5.96. The quantitative estimate of drug-likeness (QED) is 0.634. The molecule has 7 nitrogen and oxygen atoms in total. The minimum atomic E-state index is -2.72. The van der Waals surface area contributed by atoms with Crippen LogP contribution in [-0.2, 0) is 9.59 Å². The number of benzene rings is 1. The lowest BCUT2D eigenvalue weighted by atomic mass is 9.86. The summed E-state index contributed by atoms with van der Waals surface area (Å²) in [7, 11) is 0. The molecule has 0 saturated heterocycles. The molecular formula is C15H17F2N3O4. The van der Waals surface area contributed by atoms with E-state index in [9.17, 15) is 28.5 Å². The molecule has 2 rings (SSSR count). The third-order valence-electron chi connectivity index (χ3n) is 3.89. The third kappa shape index (κ3) is 4.71. The summed E-state index contributed by atoms with van der Waals surface area (Å²) in [5, 5.41) is 15.6. The van der Waals surface area contributed by atoms with Gasteiger partial charge in [-0.25, -0.2) is 8.78 Å². The van der Waals surface area contributed by atoms with Gasteiger partial charge in [-0.05, 0) is 18.9 Å². The first kappa shape index (κ1) is 17.8. The van der Waals surface area contributed by atoms with Crippen LogP contribution >= 0.6 is 0 Å². The number of para-hydroxylation sites is 2. The maximum atomic E-state index is 13.0. The Morgan fingerprint density at radius 2 is 1.88 bits per heavy atom. The lowest BCUT2D eigenvalue weighted by Crippen LogP contribution is -2.39. The van der Waals surface area contributed by atoms with Crippen LogP contribution in [0.4, 0.5) is 20.2 Å². The Balaban J connectivity index is 1.83. The van der Waals surface area contributed by atoms with E-state index < -0.39 is 28.6 Å². The van der Waals surface area contributed by atoms with Crippen molar-refractivity contribution in [2.75, 3.05) is 11.9 Å². The lowest BCUT2D eigenvalue weighted by Gasteiger charge is -2.27. The molecule has 0 aliphatic heterocycles. The van der Waals surface area contributed by atoms with Gasteiger partial charge in [0.1, 0.15) is 5.69 Å². The zero-order valence-corrected chi connectivity index (χ0v) is 12.8. The zero-order valence-electron chi connectivity index (χ0n) is 12.8. The van der Waals surface area contributed by atoms with E-state index in [1.807, 2.05) is 0 Å². The van der Waals surface area contributed by atoms with Crippen LogP contribution in [-0.4, -0.2) is 29.2 Å². The van der Waals surface area contributed by atoms with E-state index in [-0.39, 0.29) is 43.6 Å². The van der Waals surface area contributed by atoms with E-state index in [4.69, 9.17) is 0 Å². The number of nitrogens with zero attached hydrogens (tertiary/aromatic N) is 1. The Hall–Kier alpha value is -2.58. The summed E-state index contributed by atoms with van der Waals surface area (Å²) in [5.74, 6) is -4.34. The molecule has 1 fully saturated rings. The maximum absolute atomic E-state index is 13.0. The summed E-state index contributed by atoms with van der Waals surface area (Å²) < 4.78 is 26.1. The van der Waals surface area contributed by atoms with Crippen LogP contribution in [0.3, 0.4) is 0 Å². The molecule has 1 saturated carbocycles. The fourth-order valence-electron chi connectivity index (χ4n) is 2.55. The van der Waals surface area contributed by atoms with Gasteiger partial charge >= 0.3 is 0 Å². The molecule has 0 bridgehead atoms. The second-order valence-corrected chi connectivity index (χ2v) is 5.67. The van der Waals surface area contributed by atoms with Crippen LogP contribution in [0.1, 0.15) is 25.7 Å². The van der Waals surface area contributed by atoms with Crippen molar-refractivity contribution in [1.29, 1.82) is 0 Å². The van der Waals surface area contributed by atoms with Crippen molar-refractivity contribution in [3.8, 4) is 0 Å². The predicted molar refractivity (Wildman–Crippen MR) is 81.6 cm³/mol. The van der Waals surface area contributed by atoms with Gasteiger partial charge in [0.25, 0.3) is 5.69 Å². The average molecular weight is 341 g/mol. The summed E-state index contributed by atoms with van der Waals surface area (Å²) in [6.07, 6.45) is -0.532. The number of halogens is 2. The SMILES string of the molecule is O=C(CNC(=O)C1CCC(F)(F)CC1)Nc1ccccc1[N+](=O)[O-]. The van der Waals surface area contributed by atoms with Crippen molar-refractivity contribution < 1.29 is 23.3 Å². The average Bonchev–Trinajstić information content (AvgIpc) is 2.53. The van der Waals surface area contributed by atoms with Crippen LogP contribution < -0.4 is 10.6 Å². The molecule has 0 unspecified atom stereocenters. The van der Waals surface area contributed by atoms with Crippen LogP contribution in [0.2, 0.25) is 0 Å². The summed E-state index contributed by atoms with van der Waals surface area (Å²) in [6.45, 7) is -0.377. The molecule has 0 aromatic heterocycles. The molecule has 24 heavy (non-hydrogen) atoms. The van der Waals surface area contributed by atoms with Gasteiger partial charge in [-0.3, -0.25) is 19.7 Å². The maximum Gasteiger partial charge on any atom is 0.292 e. The standard InChI is InChI=1S/C15H17F2N3O4/c16-15(17)7-5-10(6-8-15)14(22)18-9-13(21)19-11-3-1-2-4-12(11)20(23)24/h1-4,10H,5-9H2,(H,18,22)(H,19,21). The monoisotopic (exact) mass is 341 g/mol. The molecule has 0 spiro atoms. The van der Waals surface area contributed by atoms with Crippen molar-refractivity contribution >= 4 is 23.2 Å². The number of rotatable bonds is 5. The normalized spacial score (nSPS) is 17.1. The first-order valence-electron chi connectivity index (χ1n) is 7.47. The number of hydrogen-bond donors (Lipinski definition) is 2. The fraction of sp³-hybridized carbons (Fsp3) is 0.467. The zero-order chi connectivity index (χ0) is 17.7. The highest BCUT2D eigenvalue weighted by Crippen LogP contribution is 2.36. The second kappa shape index (κ2) is 7.33. The predicted octanol–water partition coefficient (Wildman–Crippen LogP) is 2.48. The van der Waals surface area contributed by atoms with Crippen molar-refractivity contribution in [2.45, 2.75) is 31.6 Å². The number of anilines is 1. The van der Waals surface area contributed by atoms with Gasteiger partial charge in [-0.15, -0.1) is 0 Å². The smallest absolute Gasteiger partial charge is 0.292 e. The van der Waals surface area contributed by atoms with E-state index >= 15 is 0 Å². The van der Waals surface area contributed by atoms with E-state index in [2.05, 4.69) is 10.6 Å². The molecule has 0 radical (unpaired) electrons. The van der Waals surface area contributed by atoms with Crippen molar-refractivity contribution in [3.05, 3.63) is 34.4 Å². The fourth-order valence-corrected chi connectivity index (χ4v) is 2.55. The third-order valence-corrected chi connectivity index (χ3v) is 3.89. The number of amides is 2. The van der Waals surface area contributed by atoms with Crippen LogP contribution in [0.25, 0.3) is 0 Å². The molecule has 130 valence electrons. The van der Waals surface area contributed by atoms with Crippen LogP contribution in [0.5, 0.6) is 0 Å². The Bertz CT molecular complexity index is 641. The molecule has 1 aliphatic rings. The highest BCUT2D eigenvalue weighted by Gasteiger charge is 2.37. The van der Waals surface area contributed by atoms with Crippen LogP contribution in [0, 0.1) is 16.0 Å². The van der Waals surface area contributed by atoms with Crippen molar-refractivity contribution in [2.24, 2.45) is 5.92 Å². The molecule has 0 heterocycles. The molecule has 2 N–H and O–H groups in total. The van der Waals surface area contributed by atoms with Gasteiger partial charge in [0, 0.05) is 24.8 Å². The van der Waals surface area contributed by atoms with Crippen molar-refractivity contribution in [1.82, 2.24) is 5.32 Å². The first-order chi connectivity index (χ1) is 11.3. The van der Waals surface area contributed by atoms with Gasteiger partial charge in [-0.1, -0.05) is 12.1 Å². The van der Waals surface area contributed by atoms with Gasteiger partial charge in [0.05, 0.1) is 11.5 Å². The van der Waals surface area contributed by atoms with Gasteiger partial charge in [0.2, 0.25) is 17.7 Å². The molecule has 2 amide bonds. The topological polar surface area (TPSA) is 101 Å². The van der Waals surface area contributed by atoms with Gasteiger partial charge < -0.3 is 10.6 Å². The Labute approximate surface area is 136 Å². The molecule has 0 atom stereocenters. The minimum Gasteiger partial charge on any atom is -0.347 e. The summed E-state index contributed by atoms with van der Waals surface area (Å²) in [5.41, 5.74) is -0.231. The minimum absolute atomic E-state index is 0.0269. The van der Waals surface area contributed by atoms with E-state index in [0.717, 1.165) is 0 Å². The molecule has 1 aromatic carbocycles. The van der Waals surface area contributed by atoms with E-state index in [1.54, 1.807) is 0 Å². The van der Waals surface area contributed by atoms with Crippen LogP contribution in [0.15, 0.2) is 24.3 Å². The molecule has 1 aromatic rings. The van der Waals surface area contributed by atoms with E-state index in [0.29, 0.717) is 0 Å². The lowest BCUT2D eigenvalue weighted by molar-refractivity contribution is -0.383. The number of alkyl halides is 2. The van der Waals surface area contributed by atoms with Gasteiger partial charge in [-0.2, -0.15) is 0 Å². The number of carbonyl (C=O) groups is 2. The molecule has 1 aliphatic carbocycles. The molecule has 9 heteroatoms. The Kier molecular flexibility index (Phi) is 5.42. The van der Waals surface area contributed by atoms with Gasteiger partial charge in [0.15, 0.2) is 0 Å². The summed E-state index contributed by atoms with van der Waals surface area (Å²) in [6, 6.07) is 5.62. The van der Waals surface area contributed by atoms with Crippen molar-refractivity contribution in [3.63, 3.8) is 0 Å². The Morgan fingerprint density at radius 1 is 1.25 bits per heavy atom. The number of nitro groups is 1. The largest absolute Gasteiger partial charge is 0.347 e. The summed E-state index contributed by atoms with van der Waals surface area (Å²) in [4.78, 5) is 33.9. The number of carbonyl (C=O) groups excluding carboxylic acids is 2. The number of hydrogen-bond acceptors (Lipinski definition) is 4. The number of nitro benzene ring substituents is 1. The summed E-state index contributed by atoms with van der Waals surface area (Å²) >= 11 is 0. The Morgan fingerprint density at radius 3 is 2.50 bits per heavy atom. The first-order valence-corrected chi connectivity index (χ1v) is 7.47. The highest BCUT2D eigenvalue weighted by atomic mass is 19.3. The second-order valence-electron chi connectivity index (χ2n) is 5.67. The molecular weight excluding hydrogens is 324 g/mol. The van der Waals surface area contributed by atoms with E-state index in [1.165, 1.54) is 24.3 Å². The number of nitrogens with one attached hydrogen (secondary N) is 2.